The number of tetrazole rings is 1. The highest BCUT2D eigenvalue weighted by molar-refractivity contribution is 7.98. The maximum absolute atomic E-state index is 12.1. The monoisotopic (exact) mass is 345 g/mol. The van der Waals surface area contributed by atoms with Crippen LogP contribution in [-0.2, 0) is 11.2 Å². The molecule has 1 aromatic carbocycles. The van der Waals surface area contributed by atoms with Crippen LogP contribution in [0.15, 0.2) is 46.9 Å². The molecular weight excluding hydrogens is 330 g/mol. The van der Waals surface area contributed by atoms with Crippen LogP contribution in [0, 0.1) is 0 Å². The standard InChI is InChI=1S/C15H15N5OS2/c1-22-15-17-18-19-20(15)12-5-2-4-11(10-12)16-14(21)8-7-13-6-3-9-23-13/h2-6,9-10H,7-8H2,1H3,(H,16,21). The lowest BCUT2D eigenvalue weighted by molar-refractivity contribution is -0.116. The summed E-state index contributed by atoms with van der Waals surface area (Å²) >= 11 is 3.13. The van der Waals surface area contributed by atoms with Gasteiger partial charge in [0.05, 0.1) is 5.69 Å². The molecule has 0 spiro atoms. The summed E-state index contributed by atoms with van der Waals surface area (Å²) in [6.45, 7) is 0. The number of nitrogens with one attached hydrogen (secondary N) is 1. The summed E-state index contributed by atoms with van der Waals surface area (Å²) in [4.78, 5) is 13.3. The zero-order chi connectivity index (χ0) is 16.1. The van der Waals surface area contributed by atoms with Gasteiger partial charge in [0.15, 0.2) is 0 Å². The van der Waals surface area contributed by atoms with Gasteiger partial charge in [0, 0.05) is 17.0 Å². The van der Waals surface area contributed by atoms with E-state index in [0.29, 0.717) is 11.6 Å². The van der Waals surface area contributed by atoms with Crippen molar-refractivity contribution >= 4 is 34.7 Å². The van der Waals surface area contributed by atoms with Crippen molar-refractivity contribution in [1.29, 1.82) is 0 Å². The van der Waals surface area contributed by atoms with Crippen LogP contribution in [0.3, 0.4) is 0 Å². The molecular formula is C15H15N5OS2. The fourth-order valence-corrected chi connectivity index (χ4v) is 3.24. The van der Waals surface area contributed by atoms with Crippen molar-refractivity contribution in [3.63, 3.8) is 0 Å². The molecule has 0 atom stereocenters. The van der Waals surface area contributed by atoms with Crippen LogP contribution in [0.5, 0.6) is 0 Å². The summed E-state index contributed by atoms with van der Waals surface area (Å²) in [7, 11) is 0. The van der Waals surface area contributed by atoms with Gasteiger partial charge >= 0.3 is 0 Å². The maximum atomic E-state index is 12.1. The first-order chi connectivity index (χ1) is 11.3. The minimum absolute atomic E-state index is 0.00245. The Kier molecular flexibility index (Phi) is 5.04. The minimum atomic E-state index is -0.00245. The van der Waals surface area contributed by atoms with Crippen molar-refractivity contribution in [3.05, 3.63) is 46.7 Å². The molecule has 0 unspecified atom stereocenters. The molecule has 2 heterocycles. The number of hydrogen-bond acceptors (Lipinski definition) is 6. The van der Waals surface area contributed by atoms with Gasteiger partial charge in [-0.15, -0.1) is 16.4 Å². The Morgan fingerprint density at radius 2 is 2.26 bits per heavy atom. The Bertz CT molecular complexity index is 785. The summed E-state index contributed by atoms with van der Waals surface area (Å²) in [5.74, 6) is -0.00245. The Morgan fingerprint density at radius 3 is 3.04 bits per heavy atom. The molecule has 23 heavy (non-hydrogen) atoms. The third-order valence-electron chi connectivity index (χ3n) is 3.18. The number of rotatable bonds is 6. The molecule has 0 radical (unpaired) electrons. The highest BCUT2D eigenvalue weighted by Gasteiger charge is 2.09. The van der Waals surface area contributed by atoms with Gasteiger partial charge in [0.2, 0.25) is 11.1 Å². The first kappa shape index (κ1) is 15.7. The summed E-state index contributed by atoms with van der Waals surface area (Å²) in [5, 5.41) is 17.2. The molecule has 0 aliphatic carbocycles. The number of nitrogens with zero attached hydrogens (tertiary/aromatic N) is 4. The van der Waals surface area contributed by atoms with E-state index in [1.54, 1.807) is 16.0 Å². The van der Waals surface area contributed by atoms with Crippen LogP contribution in [0.4, 0.5) is 5.69 Å². The van der Waals surface area contributed by atoms with Crippen LogP contribution < -0.4 is 5.32 Å². The number of aromatic nitrogens is 4. The van der Waals surface area contributed by atoms with Gasteiger partial charge in [-0.25, -0.2) is 0 Å². The average Bonchev–Trinajstić information content (AvgIpc) is 3.24. The first-order valence-corrected chi connectivity index (χ1v) is 9.12. The number of carbonyl (C=O) groups is 1. The van der Waals surface area contributed by atoms with E-state index in [-0.39, 0.29) is 5.91 Å². The number of amides is 1. The lowest BCUT2D eigenvalue weighted by atomic mass is 10.2. The molecule has 6 nitrogen and oxygen atoms in total. The largest absolute Gasteiger partial charge is 0.326 e. The van der Waals surface area contributed by atoms with Gasteiger partial charge in [-0.05, 0) is 52.7 Å². The molecule has 118 valence electrons. The van der Waals surface area contributed by atoms with Crippen molar-refractivity contribution in [3.8, 4) is 5.69 Å². The van der Waals surface area contributed by atoms with E-state index in [1.165, 1.54) is 16.6 Å². The third-order valence-corrected chi connectivity index (χ3v) is 4.73. The van der Waals surface area contributed by atoms with Gasteiger partial charge in [-0.2, -0.15) is 4.68 Å². The van der Waals surface area contributed by atoms with Crippen LogP contribution in [0.2, 0.25) is 0 Å². The Labute approximate surface area is 141 Å². The van der Waals surface area contributed by atoms with Crippen molar-refractivity contribution in [2.75, 3.05) is 11.6 Å². The lowest BCUT2D eigenvalue weighted by Gasteiger charge is -2.07. The van der Waals surface area contributed by atoms with Crippen molar-refractivity contribution < 1.29 is 4.79 Å². The van der Waals surface area contributed by atoms with Crippen LogP contribution in [0.25, 0.3) is 5.69 Å². The van der Waals surface area contributed by atoms with E-state index in [9.17, 15) is 4.79 Å². The summed E-state index contributed by atoms with van der Waals surface area (Å²) in [5.41, 5.74) is 1.55. The maximum Gasteiger partial charge on any atom is 0.224 e. The molecule has 0 fully saturated rings. The molecule has 0 bridgehead atoms. The number of carbonyl (C=O) groups excluding carboxylic acids is 1. The van der Waals surface area contributed by atoms with Crippen LogP contribution in [-0.4, -0.2) is 32.4 Å². The number of benzene rings is 1. The third kappa shape index (κ3) is 3.96. The van der Waals surface area contributed by atoms with Crippen molar-refractivity contribution in [2.45, 2.75) is 18.0 Å². The van der Waals surface area contributed by atoms with Gasteiger partial charge in [0.1, 0.15) is 0 Å². The van der Waals surface area contributed by atoms with E-state index in [4.69, 9.17) is 0 Å². The molecule has 0 saturated heterocycles. The predicted molar refractivity (Wildman–Crippen MR) is 92.2 cm³/mol. The second-order valence-electron chi connectivity index (χ2n) is 4.76. The molecule has 0 aliphatic rings. The van der Waals surface area contributed by atoms with Gasteiger partial charge in [-0.1, -0.05) is 23.9 Å². The molecule has 0 saturated carbocycles. The molecule has 3 aromatic rings. The zero-order valence-corrected chi connectivity index (χ0v) is 14.1. The van der Waals surface area contributed by atoms with E-state index in [1.807, 2.05) is 48.0 Å². The zero-order valence-electron chi connectivity index (χ0n) is 12.5. The highest BCUT2D eigenvalue weighted by Crippen LogP contribution is 2.19. The molecule has 2 aromatic heterocycles. The minimum Gasteiger partial charge on any atom is -0.326 e. The predicted octanol–water partition coefficient (Wildman–Crippen LogP) is 3.02. The van der Waals surface area contributed by atoms with E-state index in [0.717, 1.165) is 17.8 Å². The van der Waals surface area contributed by atoms with Gasteiger partial charge in [0.25, 0.3) is 0 Å². The van der Waals surface area contributed by atoms with E-state index >= 15 is 0 Å². The van der Waals surface area contributed by atoms with E-state index < -0.39 is 0 Å². The quantitative estimate of drug-likeness (QED) is 0.695. The first-order valence-electron chi connectivity index (χ1n) is 7.01. The van der Waals surface area contributed by atoms with Crippen molar-refractivity contribution in [1.82, 2.24) is 20.2 Å². The Hall–Kier alpha value is -2.19. The number of aryl methyl sites for hydroxylation is 1. The number of thiophene rings is 1. The highest BCUT2D eigenvalue weighted by atomic mass is 32.2. The normalized spacial score (nSPS) is 10.7. The molecule has 8 heteroatoms. The summed E-state index contributed by atoms with van der Waals surface area (Å²) in [6.07, 6.45) is 3.14. The van der Waals surface area contributed by atoms with Gasteiger partial charge < -0.3 is 5.32 Å². The number of thioether (sulfide) groups is 1. The average molecular weight is 345 g/mol. The Balaban J connectivity index is 1.66. The lowest BCUT2D eigenvalue weighted by Crippen LogP contribution is -2.12. The second-order valence-corrected chi connectivity index (χ2v) is 6.56. The number of anilines is 1. The van der Waals surface area contributed by atoms with Gasteiger partial charge in [-0.3, -0.25) is 4.79 Å². The SMILES string of the molecule is CSc1nnnn1-c1cccc(NC(=O)CCc2cccs2)c1. The summed E-state index contributed by atoms with van der Waals surface area (Å²) in [6, 6.07) is 11.5. The fourth-order valence-electron chi connectivity index (χ4n) is 2.10. The summed E-state index contributed by atoms with van der Waals surface area (Å²) < 4.78 is 1.64. The topological polar surface area (TPSA) is 72.7 Å². The Morgan fingerprint density at radius 1 is 1.35 bits per heavy atom. The molecule has 3 rings (SSSR count). The van der Waals surface area contributed by atoms with E-state index in [2.05, 4.69) is 20.8 Å². The molecule has 1 N–H and O–H groups in total. The van der Waals surface area contributed by atoms with Crippen molar-refractivity contribution in [2.24, 2.45) is 0 Å². The second kappa shape index (κ2) is 7.38. The van der Waals surface area contributed by atoms with Crippen LogP contribution >= 0.6 is 23.1 Å². The fraction of sp³-hybridized carbons (Fsp3) is 0.200. The number of hydrogen-bond donors (Lipinski definition) is 1. The van der Waals surface area contributed by atoms with Crippen LogP contribution in [0.1, 0.15) is 11.3 Å². The smallest absolute Gasteiger partial charge is 0.224 e. The molecule has 1 amide bonds. The molecule has 0 aliphatic heterocycles.